The number of benzene rings is 4. The average molecular weight is 1450 g/mol. The van der Waals surface area contributed by atoms with E-state index in [-0.39, 0.29) is 57.9 Å². The highest BCUT2D eigenvalue weighted by Gasteiger charge is 2.36. The van der Waals surface area contributed by atoms with Crippen molar-refractivity contribution >= 4 is 119 Å². The molecule has 3 saturated heterocycles. The molecule has 9 heterocycles. The molecule has 10 aromatic rings. The minimum absolute atomic E-state index is 0. The van der Waals surface area contributed by atoms with E-state index in [9.17, 15) is 63.5 Å². The topological polar surface area (TPSA) is 269 Å². The second-order valence-electron chi connectivity index (χ2n) is 24.7. The van der Waals surface area contributed by atoms with E-state index in [1.54, 1.807) is 58.1 Å². The number of rotatable bonds is 15. The molecule has 3 aliphatic heterocycles. The van der Waals surface area contributed by atoms with Crippen molar-refractivity contribution in [2.75, 3.05) is 114 Å². The Morgan fingerprint density at radius 1 is 0.471 bits per heavy atom. The number of carbonyl (C=O) groups is 3. The molecule has 0 atom stereocenters. The first-order valence-corrected chi connectivity index (χ1v) is 34.7. The van der Waals surface area contributed by atoms with Crippen LogP contribution in [0.2, 0.25) is 0 Å². The molecular formula is C73H84FN13O12S3. The molecule has 0 unspecified atom stereocenters. The normalized spacial score (nSPS) is 13.7. The van der Waals surface area contributed by atoms with Crippen molar-refractivity contribution in [1.29, 1.82) is 0 Å². The lowest BCUT2D eigenvalue weighted by Gasteiger charge is -2.36. The second-order valence-corrected chi connectivity index (χ2v) is 27.5. The van der Waals surface area contributed by atoms with Gasteiger partial charge in [0.15, 0.2) is 0 Å². The number of amides is 3. The van der Waals surface area contributed by atoms with Crippen molar-refractivity contribution in [3.63, 3.8) is 0 Å². The number of thiophene rings is 3. The van der Waals surface area contributed by atoms with Gasteiger partial charge in [0.2, 0.25) is 0 Å². The lowest BCUT2D eigenvalue weighted by molar-refractivity contribution is -0.385. The molecule has 0 radical (unpaired) electrons. The molecule has 13 rings (SSSR count). The molecule has 0 aliphatic carbocycles. The van der Waals surface area contributed by atoms with E-state index in [0.29, 0.717) is 156 Å². The first-order valence-electron chi connectivity index (χ1n) is 32.0. The van der Waals surface area contributed by atoms with Crippen LogP contribution in [0.4, 0.5) is 38.5 Å². The molecule has 3 aliphatic rings. The summed E-state index contributed by atoms with van der Waals surface area (Å²) in [6.07, 6.45) is 0.704. The zero-order valence-corrected chi connectivity index (χ0v) is 57.8. The minimum Gasteiger partial charge on any atom is -0.362 e. The fourth-order valence-corrected chi connectivity index (χ4v) is 15.0. The van der Waals surface area contributed by atoms with Crippen LogP contribution in [-0.4, -0.2) is 165 Å². The van der Waals surface area contributed by atoms with Crippen molar-refractivity contribution in [2.45, 2.75) is 62.6 Å². The zero-order valence-electron chi connectivity index (χ0n) is 55.3. The maximum Gasteiger partial charge on any atom is 0.357 e. The minimum atomic E-state index is -0.715. The zero-order chi connectivity index (χ0) is 70.5. The Kier molecular flexibility index (Phi) is 25.2. The van der Waals surface area contributed by atoms with E-state index in [1.807, 2.05) is 137 Å². The molecule has 29 heteroatoms. The van der Waals surface area contributed by atoms with Crippen LogP contribution in [0.15, 0.2) is 146 Å². The van der Waals surface area contributed by atoms with Crippen molar-refractivity contribution < 1.29 is 33.5 Å². The molecular weight excluding hydrogens is 1370 g/mol. The van der Waals surface area contributed by atoms with E-state index in [2.05, 4.69) is 0 Å². The maximum atomic E-state index is 13.5. The van der Waals surface area contributed by atoms with E-state index >= 15 is 0 Å². The summed E-state index contributed by atoms with van der Waals surface area (Å²) in [5.74, 6) is -0.515. The number of aromatic nitrogens is 3. The molecule has 0 bridgehead atoms. The fourth-order valence-electron chi connectivity index (χ4n) is 12.9. The molecule has 3 fully saturated rings. The SMILES string of the molecule is C.C.C.Cc1ccc2c(c1)c(N1CCN(C(=O)c3cccs3)CC1)c([N+](=O)[O-])c(=O)n2C.Cc1ccc2c(c1)c(N1CCN(C(=O)c3cccs3)CC1)c([N+](=O)[O-])c(=O)n2CCCN(C)C.Cc1ccc2c(c1)c(N1CCN(C(=O)c3cccs3)CC1)c([N+](=O)[O-])c(=O)n2Cc1ccc(F)cc1. The number of halogens is 1. The number of piperazine rings is 3. The summed E-state index contributed by atoms with van der Waals surface area (Å²) in [4.78, 5) is 127. The summed E-state index contributed by atoms with van der Waals surface area (Å²) in [5, 5.41) is 43.8. The molecule has 25 nitrogen and oxygen atoms in total. The lowest BCUT2D eigenvalue weighted by atomic mass is 10.1. The smallest absolute Gasteiger partial charge is 0.357 e. The van der Waals surface area contributed by atoms with Gasteiger partial charge < -0.3 is 43.4 Å². The standard InChI is InChI=1S/C26H23FN4O4S.C24H29N5O4S.C20H20N4O4S.3CH4/c1-17-4-9-21-20(15-17)23(28-10-12-29(13-11-28)25(32)22-3-2-14-36-22)24(31(34)35)26(33)30(21)16-18-5-7-19(27)8-6-18;1-17-7-8-19-18(16-17)21(22(29(32)33)24(31)28(19)10-5-9-25(2)3)26-11-13-27(14-12-26)23(30)20-6-4-15-34-20;1-13-5-6-15-14(12-13)17(18(24(27)28)20(26)21(15)2)22-7-9-23(10-8-22)19(25)16-4-3-11-29-16;;;/h2-9,14-15H,10-13,16H2,1H3;4,6-8,15-16H,5,9-14H2,1-3H3;3-6,11-12H,7-10H2,1-2H3;3*1H4. The monoisotopic (exact) mass is 1450 g/mol. The van der Waals surface area contributed by atoms with E-state index in [0.717, 1.165) is 23.2 Å². The summed E-state index contributed by atoms with van der Waals surface area (Å²) >= 11 is 4.18. The number of hydrogen-bond acceptors (Lipinski definition) is 19. The lowest BCUT2D eigenvalue weighted by Crippen LogP contribution is -2.49. The van der Waals surface area contributed by atoms with Crippen LogP contribution in [0, 0.1) is 56.9 Å². The highest BCUT2D eigenvalue weighted by atomic mass is 32.1. The maximum absolute atomic E-state index is 13.5. The number of nitro groups is 3. The van der Waals surface area contributed by atoms with E-state index in [4.69, 9.17) is 0 Å². The second kappa shape index (κ2) is 33.3. The number of nitrogens with zero attached hydrogens (tertiary/aromatic N) is 13. The molecule has 3 amide bonds. The predicted octanol–water partition coefficient (Wildman–Crippen LogP) is 12.3. The van der Waals surface area contributed by atoms with Gasteiger partial charge in [0.1, 0.15) is 22.9 Å². The Labute approximate surface area is 601 Å². The van der Waals surface area contributed by atoms with Gasteiger partial charge in [-0.15, -0.1) is 34.0 Å². The summed E-state index contributed by atoms with van der Waals surface area (Å²) in [6, 6.07) is 33.4. The highest BCUT2D eigenvalue weighted by molar-refractivity contribution is 7.12. The van der Waals surface area contributed by atoms with Crippen LogP contribution in [0.5, 0.6) is 0 Å². The molecule has 0 spiro atoms. The predicted molar refractivity (Wildman–Crippen MR) is 406 cm³/mol. The first kappa shape index (κ1) is 77.3. The van der Waals surface area contributed by atoms with Crippen molar-refractivity contribution in [2.24, 2.45) is 7.05 Å². The Hall–Kier alpha value is -10.5. The Morgan fingerprint density at radius 2 is 0.804 bits per heavy atom. The van der Waals surface area contributed by atoms with Crippen molar-refractivity contribution in [3.8, 4) is 0 Å². The van der Waals surface area contributed by atoms with Crippen LogP contribution in [0.25, 0.3) is 32.7 Å². The average Bonchev–Trinajstić information content (AvgIpc) is 0.823. The van der Waals surface area contributed by atoms with Gasteiger partial charge in [0, 0.05) is 108 Å². The summed E-state index contributed by atoms with van der Waals surface area (Å²) in [7, 11) is 5.46. The van der Waals surface area contributed by atoms with E-state index < -0.39 is 48.6 Å². The number of anilines is 3. The summed E-state index contributed by atoms with van der Waals surface area (Å²) in [5.41, 5.74) is 3.17. The van der Waals surface area contributed by atoms with Gasteiger partial charge in [-0.1, -0.05) is 87.5 Å². The number of aryl methyl sites for hydroxylation is 5. The van der Waals surface area contributed by atoms with Crippen LogP contribution in [0.1, 0.15) is 80.0 Å². The Morgan fingerprint density at radius 3 is 1.15 bits per heavy atom. The van der Waals surface area contributed by atoms with Gasteiger partial charge in [0.25, 0.3) is 17.7 Å². The third-order valence-corrected chi connectivity index (χ3v) is 20.4. The number of hydrogen-bond donors (Lipinski definition) is 0. The van der Waals surface area contributed by atoms with Crippen LogP contribution in [0.3, 0.4) is 0 Å². The third-order valence-electron chi connectivity index (χ3n) is 17.9. The van der Waals surface area contributed by atoms with Gasteiger partial charge in [-0.2, -0.15) is 0 Å². The van der Waals surface area contributed by atoms with Gasteiger partial charge in [-0.05, 0) is 136 Å². The molecule has 6 aromatic heterocycles. The van der Waals surface area contributed by atoms with Gasteiger partial charge in [-0.3, -0.25) is 63.7 Å². The Bertz CT molecular complexity index is 4900. The molecule has 538 valence electrons. The molecule has 0 N–H and O–H groups in total. The summed E-state index contributed by atoms with van der Waals surface area (Å²) < 4.78 is 17.6. The Balaban J connectivity index is 0.000000192. The largest absolute Gasteiger partial charge is 0.362 e. The number of fused-ring (bicyclic) bond motifs is 3. The van der Waals surface area contributed by atoms with Crippen LogP contribution in [-0.2, 0) is 20.1 Å². The van der Waals surface area contributed by atoms with Crippen LogP contribution >= 0.6 is 34.0 Å². The van der Waals surface area contributed by atoms with Crippen molar-refractivity contribution in [1.82, 2.24) is 33.3 Å². The van der Waals surface area contributed by atoms with Gasteiger partial charge in [-0.25, -0.2) is 4.39 Å². The van der Waals surface area contributed by atoms with Gasteiger partial charge >= 0.3 is 33.7 Å². The molecule has 102 heavy (non-hydrogen) atoms. The molecule has 0 saturated carbocycles. The van der Waals surface area contributed by atoms with Crippen LogP contribution < -0.4 is 31.4 Å². The number of carbonyl (C=O) groups excluding carboxylic acids is 3. The van der Waals surface area contributed by atoms with Crippen molar-refractivity contribution in [3.05, 3.63) is 236 Å². The third kappa shape index (κ3) is 16.3. The summed E-state index contributed by atoms with van der Waals surface area (Å²) in [6.45, 7) is 11.9. The molecule has 4 aromatic carbocycles. The highest BCUT2D eigenvalue weighted by Crippen LogP contribution is 2.39. The number of pyridine rings is 3. The first-order chi connectivity index (χ1) is 47.5. The van der Waals surface area contributed by atoms with E-state index in [1.165, 1.54) is 59.8 Å². The fraction of sp³-hybridized carbons (Fsp3) is 0.342. The quantitative estimate of drug-likeness (QED) is 0.0681. The van der Waals surface area contributed by atoms with Gasteiger partial charge in [0.05, 0.1) is 52.5 Å².